The smallest absolute Gasteiger partial charge is 0.137 e. The zero-order valence-corrected chi connectivity index (χ0v) is 8.77. The van der Waals surface area contributed by atoms with Gasteiger partial charge in [-0.3, -0.25) is 0 Å². The molecule has 0 aliphatic heterocycles. The quantitative estimate of drug-likeness (QED) is 0.841. The number of benzene rings is 1. The molecule has 0 unspecified atom stereocenters. The van der Waals surface area contributed by atoms with Gasteiger partial charge in [0.2, 0.25) is 0 Å². The molecule has 2 rings (SSSR count). The Morgan fingerprint density at radius 1 is 1.43 bits per heavy atom. The molecule has 3 heteroatoms. The van der Waals surface area contributed by atoms with Crippen molar-refractivity contribution in [2.24, 2.45) is 0 Å². The number of hydrogen-bond donors (Lipinski definition) is 1. The van der Waals surface area contributed by atoms with Crippen molar-refractivity contribution in [2.45, 2.75) is 6.42 Å². The second-order valence-electron chi connectivity index (χ2n) is 3.26. The molecule has 2 nitrogen and oxygen atoms in total. The van der Waals surface area contributed by atoms with Crippen molar-refractivity contribution in [3.63, 3.8) is 0 Å². The summed E-state index contributed by atoms with van der Waals surface area (Å²) in [7, 11) is 1.93. The highest BCUT2D eigenvalue weighted by molar-refractivity contribution is 6.31. The third-order valence-corrected chi connectivity index (χ3v) is 2.46. The van der Waals surface area contributed by atoms with Crippen LogP contribution in [0.2, 0.25) is 5.02 Å². The van der Waals surface area contributed by atoms with Crippen LogP contribution in [0.25, 0.3) is 11.0 Å². The van der Waals surface area contributed by atoms with Gasteiger partial charge in [0.1, 0.15) is 5.58 Å². The van der Waals surface area contributed by atoms with Crippen molar-refractivity contribution >= 4 is 22.6 Å². The Morgan fingerprint density at radius 3 is 3.07 bits per heavy atom. The summed E-state index contributed by atoms with van der Waals surface area (Å²) in [6.07, 6.45) is 2.63. The molecule has 0 radical (unpaired) electrons. The molecule has 0 amide bonds. The topological polar surface area (TPSA) is 25.2 Å². The van der Waals surface area contributed by atoms with E-state index in [2.05, 4.69) is 5.32 Å². The summed E-state index contributed by atoms with van der Waals surface area (Å²) in [5.41, 5.74) is 2.11. The predicted molar refractivity (Wildman–Crippen MR) is 58.9 cm³/mol. The Hall–Kier alpha value is -0.990. The van der Waals surface area contributed by atoms with Crippen LogP contribution in [0.1, 0.15) is 5.56 Å². The SMILES string of the molecule is CNCCc1cc(Cl)cc2ccoc12. The van der Waals surface area contributed by atoms with Crippen molar-refractivity contribution in [1.29, 1.82) is 0 Å². The molecule has 2 aromatic rings. The van der Waals surface area contributed by atoms with Crippen molar-refractivity contribution in [3.05, 3.63) is 35.0 Å². The Balaban J connectivity index is 2.44. The van der Waals surface area contributed by atoms with E-state index in [4.69, 9.17) is 16.0 Å². The lowest BCUT2D eigenvalue weighted by Crippen LogP contribution is -2.10. The zero-order valence-electron chi connectivity index (χ0n) is 8.01. The Morgan fingerprint density at radius 2 is 2.29 bits per heavy atom. The normalized spacial score (nSPS) is 11.0. The standard InChI is InChI=1S/C11H12ClNO/c1-13-4-2-8-6-10(12)7-9-3-5-14-11(8)9/h3,5-7,13H,2,4H2,1H3. The first-order valence-electron chi connectivity index (χ1n) is 4.61. The Bertz CT molecular complexity index is 436. The van der Waals surface area contributed by atoms with Crippen LogP contribution in [0, 0.1) is 0 Å². The summed E-state index contributed by atoms with van der Waals surface area (Å²) in [6, 6.07) is 5.82. The van der Waals surface area contributed by atoms with Gasteiger partial charge in [0.05, 0.1) is 6.26 Å². The molecule has 0 bridgehead atoms. The predicted octanol–water partition coefficient (Wildman–Crippen LogP) is 2.85. The largest absolute Gasteiger partial charge is 0.464 e. The molecule has 0 spiro atoms. The minimum absolute atomic E-state index is 0.769. The average molecular weight is 210 g/mol. The molecule has 1 aromatic carbocycles. The van der Waals surface area contributed by atoms with Crippen molar-refractivity contribution in [1.82, 2.24) is 5.32 Å². The van der Waals surface area contributed by atoms with Gasteiger partial charge in [-0.15, -0.1) is 0 Å². The van der Waals surface area contributed by atoms with Gasteiger partial charge in [0.15, 0.2) is 0 Å². The summed E-state index contributed by atoms with van der Waals surface area (Å²) in [4.78, 5) is 0. The van der Waals surface area contributed by atoms with Crippen LogP contribution < -0.4 is 5.32 Å². The van der Waals surface area contributed by atoms with Gasteiger partial charge >= 0.3 is 0 Å². The van der Waals surface area contributed by atoms with Gasteiger partial charge in [-0.1, -0.05) is 11.6 Å². The lowest BCUT2D eigenvalue weighted by atomic mass is 10.1. The van der Waals surface area contributed by atoms with Gasteiger partial charge in [-0.25, -0.2) is 0 Å². The van der Waals surface area contributed by atoms with Crippen LogP contribution in [-0.2, 0) is 6.42 Å². The number of likely N-dealkylation sites (N-methyl/N-ethyl adjacent to an activating group) is 1. The molecule has 74 valence electrons. The number of nitrogens with one attached hydrogen (secondary N) is 1. The number of hydrogen-bond acceptors (Lipinski definition) is 2. The first-order valence-corrected chi connectivity index (χ1v) is 4.99. The molecule has 1 aromatic heterocycles. The van der Waals surface area contributed by atoms with Gasteiger partial charge in [0, 0.05) is 10.4 Å². The lowest BCUT2D eigenvalue weighted by molar-refractivity contribution is 0.609. The van der Waals surface area contributed by atoms with Crippen molar-refractivity contribution in [3.8, 4) is 0 Å². The second kappa shape index (κ2) is 4.03. The summed E-state index contributed by atoms with van der Waals surface area (Å²) in [6.45, 7) is 0.927. The number of halogens is 1. The molecule has 0 saturated heterocycles. The maximum Gasteiger partial charge on any atom is 0.137 e. The van der Waals surface area contributed by atoms with Gasteiger partial charge in [-0.2, -0.15) is 0 Å². The number of furan rings is 1. The Kier molecular flexibility index (Phi) is 2.75. The molecule has 0 aliphatic rings. The molecule has 0 fully saturated rings. The van der Waals surface area contributed by atoms with Gasteiger partial charge in [-0.05, 0) is 43.8 Å². The monoisotopic (exact) mass is 209 g/mol. The van der Waals surface area contributed by atoms with E-state index in [0.717, 1.165) is 34.5 Å². The molecule has 0 atom stereocenters. The van der Waals surface area contributed by atoms with E-state index in [1.165, 1.54) is 0 Å². The first-order chi connectivity index (χ1) is 6.81. The van der Waals surface area contributed by atoms with Crippen LogP contribution in [-0.4, -0.2) is 13.6 Å². The zero-order chi connectivity index (χ0) is 9.97. The highest BCUT2D eigenvalue weighted by Crippen LogP contribution is 2.25. The van der Waals surface area contributed by atoms with E-state index in [9.17, 15) is 0 Å². The third-order valence-electron chi connectivity index (χ3n) is 2.24. The van der Waals surface area contributed by atoms with Gasteiger partial charge in [0.25, 0.3) is 0 Å². The van der Waals surface area contributed by atoms with Crippen LogP contribution in [0.5, 0.6) is 0 Å². The molecule has 0 saturated carbocycles. The number of fused-ring (bicyclic) bond motifs is 1. The van der Waals surface area contributed by atoms with E-state index >= 15 is 0 Å². The summed E-state index contributed by atoms with van der Waals surface area (Å²) in [5.74, 6) is 0. The highest BCUT2D eigenvalue weighted by Gasteiger charge is 2.05. The summed E-state index contributed by atoms with van der Waals surface area (Å²) in [5, 5.41) is 4.95. The fourth-order valence-electron chi connectivity index (χ4n) is 1.56. The molecule has 0 aliphatic carbocycles. The molecule has 1 N–H and O–H groups in total. The van der Waals surface area contributed by atoms with Crippen LogP contribution in [0.4, 0.5) is 0 Å². The lowest BCUT2D eigenvalue weighted by Gasteiger charge is -2.02. The minimum atomic E-state index is 0.769. The Labute approximate surface area is 87.9 Å². The maximum absolute atomic E-state index is 6.00. The maximum atomic E-state index is 6.00. The summed E-state index contributed by atoms with van der Waals surface area (Å²) >= 11 is 6.00. The molecular weight excluding hydrogens is 198 g/mol. The fourth-order valence-corrected chi connectivity index (χ4v) is 1.81. The van der Waals surface area contributed by atoms with E-state index in [1.54, 1.807) is 6.26 Å². The molecule has 1 heterocycles. The van der Waals surface area contributed by atoms with Crippen LogP contribution >= 0.6 is 11.6 Å². The van der Waals surface area contributed by atoms with E-state index < -0.39 is 0 Å². The fraction of sp³-hybridized carbons (Fsp3) is 0.273. The van der Waals surface area contributed by atoms with E-state index in [-0.39, 0.29) is 0 Å². The van der Waals surface area contributed by atoms with E-state index in [0.29, 0.717) is 0 Å². The van der Waals surface area contributed by atoms with E-state index in [1.807, 2.05) is 25.2 Å². The third kappa shape index (κ3) is 1.76. The highest BCUT2D eigenvalue weighted by atomic mass is 35.5. The molecular formula is C11H12ClNO. The number of rotatable bonds is 3. The first kappa shape index (κ1) is 9.56. The van der Waals surface area contributed by atoms with Crippen molar-refractivity contribution in [2.75, 3.05) is 13.6 Å². The van der Waals surface area contributed by atoms with Crippen LogP contribution in [0.3, 0.4) is 0 Å². The average Bonchev–Trinajstić information content (AvgIpc) is 2.61. The molecule has 14 heavy (non-hydrogen) atoms. The van der Waals surface area contributed by atoms with Gasteiger partial charge < -0.3 is 9.73 Å². The van der Waals surface area contributed by atoms with Crippen molar-refractivity contribution < 1.29 is 4.42 Å². The second-order valence-corrected chi connectivity index (χ2v) is 3.69. The summed E-state index contributed by atoms with van der Waals surface area (Å²) < 4.78 is 5.41. The van der Waals surface area contributed by atoms with Crippen LogP contribution in [0.15, 0.2) is 28.9 Å². The minimum Gasteiger partial charge on any atom is -0.464 e.